The van der Waals surface area contributed by atoms with E-state index in [0.717, 1.165) is 18.8 Å². The van der Waals surface area contributed by atoms with E-state index in [4.69, 9.17) is 0 Å². The van der Waals surface area contributed by atoms with E-state index < -0.39 is 0 Å². The molecule has 4 heteroatoms. The van der Waals surface area contributed by atoms with Crippen molar-refractivity contribution in [2.75, 3.05) is 20.1 Å². The van der Waals surface area contributed by atoms with Gasteiger partial charge in [0.2, 0.25) is 0 Å². The van der Waals surface area contributed by atoms with E-state index in [1.807, 2.05) is 18.7 Å². The van der Waals surface area contributed by atoms with Gasteiger partial charge in [0.05, 0.1) is 11.4 Å². The lowest BCUT2D eigenvalue weighted by atomic mass is 10.0. The Balaban J connectivity index is 1.83. The highest BCUT2D eigenvalue weighted by atomic mass is 15.3. The second kappa shape index (κ2) is 5.65. The number of likely N-dealkylation sites (N-methyl/N-ethyl adjacent to an activating group) is 1. The molecule has 1 aromatic rings. The van der Waals surface area contributed by atoms with Crippen molar-refractivity contribution in [2.45, 2.75) is 38.8 Å². The number of aryl methyl sites for hydroxylation is 2. The van der Waals surface area contributed by atoms with Crippen LogP contribution >= 0.6 is 0 Å². The first-order valence-corrected chi connectivity index (χ1v) is 6.56. The molecule has 0 bridgehead atoms. The van der Waals surface area contributed by atoms with Gasteiger partial charge in [0, 0.05) is 26.2 Å². The fourth-order valence-corrected chi connectivity index (χ4v) is 2.61. The van der Waals surface area contributed by atoms with Gasteiger partial charge in [0.25, 0.3) is 0 Å². The van der Waals surface area contributed by atoms with Crippen LogP contribution in [-0.4, -0.2) is 40.9 Å². The van der Waals surface area contributed by atoms with Gasteiger partial charge in [-0.2, -0.15) is 5.10 Å². The largest absolute Gasteiger partial charge is 0.313 e. The summed E-state index contributed by atoms with van der Waals surface area (Å²) in [6, 6.07) is 2.84. The van der Waals surface area contributed by atoms with Gasteiger partial charge in [-0.1, -0.05) is 6.42 Å². The molecule has 2 heterocycles. The Bertz CT molecular complexity index is 352. The molecule has 4 nitrogen and oxygen atoms in total. The molecule has 0 spiro atoms. The first-order valence-electron chi connectivity index (χ1n) is 6.56. The minimum Gasteiger partial charge on any atom is -0.313 e. The van der Waals surface area contributed by atoms with Gasteiger partial charge in [0.1, 0.15) is 0 Å². The molecule has 0 saturated carbocycles. The maximum Gasteiger partial charge on any atom is 0.0597 e. The van der Waals surface area contributed by atoms with Crippen LogP contribution in [0.2, 0.25) is 0 Å². The van der Waals surface area contributed by atoms with Crippen LogP contribution in [0.25, 0.3) is 0 Å². The minimum absolute atomic E-state index is 0.670. The fraction of sp³-hybridized carbons (Fsp3) is 0.769. The number of hydrogen-bond donors (Lipinski definition) is 1. The molecular weight excluding hydrogens is 212 g/mol. The summed E-state index contributed by atoms with van der Waals surface area (Å²) in [5.74, 6) is 0. The third kappa shape index (κ3) is 3.54. The van der Waals surface area contributed by atoms with E-state index in [1.54, 1.807) is 0 Å². The van der Waals surface area contributed by atoms with Gasteiger partial charge in [-0.15, -0.1) is 0 Å². The molecule has 1 aromatic heterocycles. The highest BCUT2D eigenvalue weighted by molar-refractivity contribution is 5.08. The first-order chi connectivity index (χ1) is 8.15. The van der Waals surface area contributed by atoms with Gasteiger partial charge in [-0.25, -0.2) is 0 Å². The third-order valence-electron chi connectivity index (χ3n) is 3.48. The summed E-state index contributed by atoms with van der Waals surface area (Å²) in [4.78, 5) is 2.39. The number of nitrogens with one attached hydrogen (secondary N) is 1. The molecule has 1 aliphatic heterocycles. The topological polar surface area (TPSA) is 33.1 Å². The summed E-state index contributed by atoms with van der Waals surface area (Å²) in [5, 5.41) is 7.98. The van der Waals surface area contributed by atoms with Crippen molar-refractivity contribution in [3.8, 4) is 0 Å². The molecule has 1 fully saturated rings. The number of rotatable bonds is 4. The standard InChI is InChI=1S/C13H24N4/c1-11-8-13(17(3)15-11)10-16(2)9-12-6-4-5-7-14-12/h8,12,14H,4-7,9-10H2,1-3H3. The highest BCUT2D eigenvalue weighted by Crippen LogP contribution is 2.10. The maximum absolute atomic E-state index is 4.39. The summed E-state index contributed by atoms with van der Waals surface area (Å²) in [6.45, 7) is 5.34. The molecule has 96 valence electrons. The van der Waals surface area contributed by atoms with Crippen LogP contribution in [0.3, 0.4) is 0 Å². The Hall–Kier alpha value is -0.870. The summed E-state index contributed by atoms with van der Waals surface area (Å²) in [6.07, 6.45) is 4.02. The van der Waals surface area contributed by atoms with Crippen LogP contribution in [0.4, 0.5) is 0 Å². The van der Waals surface area contributed by atoms with E-state index in [0.29, 0.717) is 6.04 Å². The quantitative estimate of drug-likeness (QED) is 0.855. The molecule has 1 saturated heterocycles. The Morgan fingerprint density at radius 1 is 1.53 bits per heavy atom. The van der Waals surface area contributed by atoms with Crippen LogP contribution in [-0.2, 0) is 13.6 Å². The van der Waals surface area contributed by atoms with Crippen molar-refractivity contribution in [3.63, 3.8) is 0 Å². The first kappa shape index (κ1) is 12.6. The lowest BCUT2D eigenvalue weighted by molar-refractivity contribution is 0.252. The SMILES string of the molecule is Cc1cc(CN(C)CC2CCCCN2)n(C)n1. The summed E-state index contributed by atoms with van der Waals surface area (Å²) >= 11 is 0. The monoisotopic (exact) mass is 236 g/mol. The predicted octanol–water partition coefficient (Wildman–Crippen LogP) is 1.30. The second-order valence-corrected chi connectivity index (χ2v) is 5.24. The van der Waals surface area contributed by atoms with Crippen LogP contribution in [0.5, 0.6) is 0 Å². The van der Waals surface area contributed by atoms with Crippen LogP contribution in [0, 0.1) is 6.92 Å². The van der Waals surface area contributed by atoms with Crippen molar-refractivity contribution in [3.05, 3.63) is 17.5 Å². The molecule has 0 radical (unpaired) electrons. The molecule has 1 N–H and O–H groups in total. The van der Waals surface area contributed by atoms with E-state index >= 15 is 0 Å². The lowest BCUT2D eigenvalue weighted by Gasteiger charge is -2.28. The molecule has 1 atom stereocenters. The predicted molar refractivity (Wildman–Crippen MR) is 69.9 cm³/mol. The molecule has 0 amide bonds. The van der Waals surface area contributed by atoms with Gasteiger partial charge in [0.15, 0.2) is 0 Å². The zero-order valence-corrected chi connectivity index (χ0v) is 11.2. The van der Waals surface area contributed by atoms with Crippen LogP contribution in [0.1, 0.15) is 30.7 Å². The summed E-state index contributed by atoms with van der Waals surface area (Å²) < 4.78 is 1.99. The van der Waals surface area contributed by atoms with Crippen molar-refractivity contribution in [1.82, 2.24) is 20.0 Å². The number of piperidine rings is 1. The highest BCUT2D eigenvalue weighted by Gasteiger charge is 2.15. The normalized spacial score (nSPS) is 21.1. The van der Waals surface area contributed by atoms with E-state index in [9.17, 15) is 0 Å². The van der Waals surface area contributed by atoms with Gasteiger partial charge in [-0.05, 0) is 39.4 Å². The third-order valence-corrected chi connectivity index (χ3v) is 3.48. The molecule has 0 aliphatic carbocycles. The van der Waals surface area contributed by atoms with Crippen LogP contribution in [0.15, 0.2) is 6.07 Å². The van der Waals surface area contributed by atoms with E-state index in [1.165, 1.54) is 31.5 Å². The second-order valence-electron chi connectivity index (χ2n) is 5.24. The number of nitrogens with zero attached hydrogens (tertiary/aromatic N) is 3. The Kier molecular flexibility index (Phi) is 4.18. The van der Waals surface area contributed by atoms with Gasteiger partial charge >= 0.3 is 0 Å². The van der Waals surface area contributed by atoms with Crippen LogP contribution < -0.4 is 5.32 Å². The zero-order valence-electron chi connectivity index (χ0n) is 11.2. The molecule has 2 rings (SSSR count). The zero-order chi connectivity index (χ0) is 12.3. The van der Waals surface area contributed by atoms with Gasteiger partial charge in [-0.3, -0.25) is 9.58 Å². The van der Waals surface area contributed by atoms with E-state index in [2.05, 4.69) is 28.4 Å². The lowest BCUT2D eigenvalue weighted by Crippen LogP contribution is -2.42. The average Bonchev–Trinajstić information content (AvgIpc) is 2.58. The Labute approximate surface area is 104 Å². The van der Waals surface area contributed by atoms with Crippen molar-refractivity contribution < 1.29 is 0 Å². The van der Waals surface area contributed by atoms with E-state index in [-0.39, 0.29) is 0 Å². The number of hydrogen-bond acceptors (Lipinski definition) is 3. The minimum atomic E-state index is 0.670. The summed E-state index contributed by atoms with van der Waals surface area (Å²) in [5.41, 5.74) is 2.40. The van der Waals surface area contributed by atoms with Gasteiger partial charge < -0.3 is 5.32 Å². The smallest absolute Gasteiger partial charge is 0.0597 e. The van der Waals surface area contributed by atoms with Crippen molar-refractivity contribution in [2.24, 2.45) is 7.05 Å². The van der Waals surface area contributed by atoms with Crippen molar-refractivity contribution >= 4 is 0 Å². The summed E-state index contributed by atoms with van der Waals surface area (Å²) in [7, 11) is 4.22. The molecule has 1 aliphatic rings. The molecule has 17 heavy (non-hydrogen) atoms. The molecule has 1 unspecified atom stereocenters. The van der Waals surface area contributed by atoms with Crippen molar-refractivity contribution in [1.29, 1.82) is 0 Å². The Morgan fingerprint density at radius 3 is 2.94 bits per heavy atom. The maximum atomic E-state index is 4.39. The average molecular weight is 236 g/mol. The molecular formula is C13H24N4. The Morgan fingerprint density at radius 2 is 2.35 bits per heavy atom. The molecule has 0 aromatic carbocycles. The fourth-order valence-electron chi connectivity index (χ4n) is 2.61. The number of aromatic nitrogens is 2.